The molecular formula is C20H31N3O. The van der Waals surface area contributed by atoms with Crippen molar-refractivity contribution in [2.75, 3.05) is 45.2 Å². The molecule has 2 aliphatic heterocycles. The summed E-state index contributed by atoms with van der Waals surface area (Å²) < 4.78 is 0. The van der Waals surface area contributed by atoms with Crippen molar-refractivity contribution in [1.29, 1.82) is 0 Å². The maximum atomic E-state index is 12.8. The summed E-state index contributed by atoms with van der Waals surface area (Å²) in [6.45, 7) is 4.30. The van der Waals surface area contributed by atoms with Crippen LogP contribution in [-0.4, -0.2) is 62.0 Å². The molecule has 2 fully saturated rings. The molecule has 132 valence electrons. The number of likely N-dealkylation sites (tertiary alicyclic amines) is 2. The Bertz CT molecular complexity index is 542. The van der Waals surface area contributed by atoms with E-state index in [0.29, 0.717) is 6.04 Å². The first-order valence-electron chi connectivity index (χ1n) is 9.46. The van der Waals surface area contributed by atoms with Crippen LogP contribution in [0.2, 0.25) is 0 Å². The lowest BCUT2D eigenvalue weighted by atomic mass is 10.0. The molecule has 1 aromatic carbocycles. The van der Waals surface area contributed by atoms with Crippen molar-refractivity contribution in [2.24, 2.45) is 0 Å². The molecule has 0 aliphatic carbocycles. The second-order valence-electron chi connectivity index (χ2n) is 7.42. The van der Waals surface area contributed by atoms with Gasteiger partial charge in [0.05, 0.1) is 0 Å². The minimum atomic E-state index is 0.188. The van der Waals surface area contributed by atoms with Crippen molar-refractivity contribution in [3.05, 3.63) is 29.8 Å². The summed E-state index contributed by atoms with van der Waals surface area (Å²) in [6.07, 6.45) is 7.71. The summed E-state index contributed by atoms with van der Waals surface area (Å²) in [5.41, 5.74) is 1.90. The van der Waals surface area contributed by atoms with E-state index in [1.165, 1.54) is 38.8 Å². The van der Waals surface area contributed by atoms with Crippen LogP contribution in [0.1, 0.15) is 48.9 Å². The van der Waals surface area contributed by atoms with E-state index >= 15 is 0 Å². The Hall–Kier alpha value is -1.55. The number of rotatable bonds is 3. The summed E-state index contributed by atoms with van der Waals surface area (Å²) >= 11 is 0. The van der Waals surface area contributed by atoms with Crippen LogP contribution in [0.3, 0.4) is 0 Å². The quantitative estimate of drug-likeness (QED) is 0.852. The molecular weight excluding hydrogens is 298 g/mol. The van der Waals surface area contributed by atoms with Crippen molar-refractivity contribution in [3.63, 3.8) is 0 Å². The van der Waals surface area contributed by atoms with Crippen molar-refractivity contribution in [2.45, 2.75) is 44.6 Å². The Kier molecular flexibility index (Phi) is 5.77. The molecule has 0 aromatic heterocycles. The molecule has 1 aromatic rings. The average molecular weight is 329 g/mol. The van der Waals surface area contributed by atoms with Crippen LogP contribution in [-0.2, 0) is 0 Å². The van der Waals surface area contributed by atoms with Gasteiger partial charge in [-0.2, -0.15) is 0 Å². The Morgan fingerprint density at radius 2 is 1.67 bits per heavy atom. The lowest BCUT2D eigenvalue weighted by molar-refractivity contribution is 0.0623. The summed E-state index contributed by atoms with van der Waals surface area (Å²) in [7, 11) is 4.02. The van der Waals surface area contributed by atoms with Gasteiger partial charge >= 0.3 is 0 Å². The highest BCUT2D eigenvalue weighted by atomic mass is 16.2. The van der Waals surface area contributed by atoms with Crippen molar-refractivity contribution in [1.82, 2.24) is 9.80 Å². The first-order chi connectivity index (χ1) is 11.6. The zero-order chi connectivity index (χ0) is 16.9. The third-order valence-electron chi connectivity index (χ3n) is 5.52. The lowest BCUT2D eigenvalue weighted by Crippen LogP contribution is -2.47. The number of carbonyl (C=O) groups is 1. The fraction of sp³-hybridized carbons (Fsp3) is 0.650. The van der Waals surface area contributed by atoms with Crippen LogP contribution in [0.15, 0.2) is 24.3 Å². The van der Waals surface area contributed by atoms with E-state index in [1.807, 2.05) is 48.2 Å². The Morgan fingerprint density at radius 3 is 2.29 bits per heavy atom. The van der Waals surface area contributed by atoms with E-state index in [4.69, 9.17) is 0 Å². The number of hydrogen-bond donors (Lipinski definition) is 0. The van der Waals surface area contributed by atoms with E-state index < -0.39 is 0 Å². The molecule has 1 amide bonds. The third kappa shape index (κ3) is 4.10. The zero-order valence-electron chi connectivity index (χ0n) is 15.2. The third-order valence-corrected chi connectivity index (χ3v) is 5.52. The van der Waals surface area contributed by atoms with Gasteiger partial charge in [-0.25, -0.2) is 0 Å². The molecule has 0 bridgehead atoms. The predicted octanol–water partition coefficient (Wildman–Crippen LogP) is 3.23. The number of hydrogen-bond acceptors (Lipinski definition) is 3. The number of carbonyl (C=O) groups excluding carboxylic acids is 1. The fourth-order valence-electron chi connectivity index (χ4n) is 3.99. The standard InChI is InChI=1S/C20H31N3O/c1-21(2)19-9-7-8-17(16-19)20(24)23-14-10-18(11-15-23)22-12-5-3-4-6-13-22/h7-9,16,18H,3-6,10-15H2,1-2H3. The first kappa shape index (κ1) is 17.3. The monoisotopic (exact) mass is 329 g/mol. The number of amides is 1. The number of anilines is 1. The van der Waals surface area contributed by atoms with Gasteiger partial charge in [0.1, 0.15) is 0 Å². The summed E-state index contributed by atoms with van der Waals surface area (Å²) in [5, 5.41) is 0. The van der Waals surface area contributed by atoms with Gasteiger partial charge in [-0.05, 0) is 57.0 Å². The number of benzene rings is 1. The second kappa shape index (κ2) is 8.02. The van der Waals surface area contributed by atoms with Crippen LogP contribution in [0.25, 0.3) is 0 Å². The molecule has 0 spiro atoms. The van der Waals surface area contributed by atoms with Crippen LogP contribution >= 0.6 is 0 Å². The van der Waals surface area contributed by atoms with Gasteiger partial charge in [0.2, 0.25) is 0 Å². The number of piperidine rings is 1. The molecule has 4 nitrogen and oxygen atoms in total. The van der Waals surface area contributed by atoms with Crippen LogP contribution in [0, 0.1) is 0 Å². The second-order valence-corrected chi connectivity index (χ2v) is 7.42. The predicted molar refractivity (Wildman–Crippen MR) is 99.7 cm³/mol. The molecule has 3 rings (SSSR count). The number of nitrogens with zero attached hydrogens (tertiary/aromatic N) is 3. The minimum Gasteiger partial charge on any atom is -0.378 e. The molecule has 2 heterocycles. The van der Waals surface area contributed by atoms with Gasteiger partial charge in [0, 0.05) is 44.5 Å². The molecule has 0 N–H and O–H groups in total. The highest BCUT2D eigenvalue weighted by Gasteiger charge is 2.27. The van der Waals surface area contributed by atoms with Crippen LogP contribution in [0.4, 0.5) is 5.69 Å². The smallest absolute Gasteiger partial charge is 0.253 e. The first-order valence-corrected chi connectivity index (χ1v) is 9.46. The molecule has 0 saturated carbocycles. The molecule has 0 atom stereocenters. The van der Waals surface area contributed by atoms with Gasteiger partial charge in [-0.15, -0.1) is 0 Å². The fourth-order valence-corrected chi connectivity index (χ4v) is 3.99. The van der Waals surface area contributed by atoms with Gasteiger partial charge in [0.25, 0.3) is 5.91 Å². The summed E-state index contributed by atoms with van der Waals surface area (Å²) in [6, 6.07) is 8.65. The van der Waals surface area contributed by atoms with Crippen molar-refractivity contribution < 1.29 is 4.79 Å². The Labute approximate surface area is 146 Å². The normalized spacial score (nSPS) is 20.7. The molecule has 2 saturated heterocycles. The van der Waals surface area contributed by atoms with Gasteiger partial charge < -0.3 is 14.7 Å². The maximum Gasteiger partial charge on any atom is 0.253 e. The van der Waals surface area contributed by atoms with Gasteiger partial charge in [0.15, 0.2) is 0 Å². The molecule has 2 aliphatic rings. The van der Waals surface area contributed by atoms with E-state index in [1.54, 1.807) is 0 Å². The molecule has 24 heavy (non-hydrogen) atoms. The Morgan fingerprint density at radius 1 is 1.00 bits per heavy atom. The lowest BCUT2D eigenvalue weighted by Gasteiger charge is -2.38. The van der Waals surface area contributed by atoms with Crippen molar-refractivity contribution >= 4 is 11.6 Å². The van der Waals surface area contributed by atoms with E-state index in [2.05, 4.69) is 4.90 Å². The van der Waals surface area contributed by atoms with E-state index in [-0.39, 0.29) is 5.91 Å². The molecule has 4 heteroatoms. The topological polar surface area (TPSA) is 26.8 Å². The maximum absolute atomic E-state index is 12.8. The van der Waals surface area contributed by atoms with E-state index in [9.17, 15) is 4.79 Å². The zero-order valence-corrected chi connectivity index (χ0v) is 15.2. The molecule has 0 unspecified atom stereocenters. The van der Waals surface area contributed by atoms with Gasteiger partial charge in [-0.3, -0.25) is 4.79 Å². The Balaban J connectivity index is 1.57. The van der Waals surface area contributed by atoms with Crippen molar-refractivity contribution in [3.8, 4) is 0 Å². The van der Waals surface area contributed by atoms with Crippen LogP contribution in [0.5, 0.6) is 0 Å². The highest BCUT2D eigenvalue weighted by Crippen LogP contribution is 2.22. The summed E-state index contributed by atoms with van der Waals surface area (Å²) in [5.74, 6) is 0.188. The minimum absolute atomic E-state index is 0.188. The SMILES string of the molecule is CN(C)c1cccc(C(=O)N2CCC(N3CCCCCC3)CC2)c1. The summed E-state index contributed by atoms with van der Waals surface area (Å²) in [4.78, 5) is 19.6. The highest BCUT2D eigenvalue weighted by molar-refractivity contribution is 5.95. The van der Waals surface area contributed by atoms with E-state index in [0.717, 1.165) is 37.2 Å². The molecule has 0 radical (unpaired) electrons. The van der Waals surface area contributed by atoms with Gasteiger partial charge in [-0.1, -0.05) is 18.9 Å². The average Bonchev–Trinajstić information content (AvgIpc) is 2.91. The van der Waals surface area contributed by atoms with Crippen LogP contribution < -0.4 is 4.90 Å². The largest absolute Gasteiger partial charge is 0.378 e.